The Balaban J connectivity index is 1.66. The van der Waals surface area contributed by atoms with E-state index in [2.05, 4.69) is 17.2 Å². The molecule has 156 valence electrons. The largest absolute Gasteiger partial charge is 0.356 e. The van der Waals surface area contributed by atoms with E-state index in [1.807, 2.05) is 31.2 Å². The number of rotatable bonds is 4. The first-order valence-corrected chi connectivity index (χ1v) is 11.7. The molecule has 0 saturated carbocycles. The molecule has 1 amide bonds. The molecule has 1 aliphatic heterocycles. The first-order valence-electron chi connectivity index (χ1n) is 10.3. The van der Waals surface area contributed by atoms with E-state index in [1.165, 1.54) is 0 Å². The van der Waals surface area contributed by atoms with Gasteiger partial charge in [-0.2, -0.15) is 8.42 Å². The van der Waals surface area contributed by atoms with Crippen molar-refractivity contribution < 1.29 is 17.4 Å². The van der Waals surface area contributed by atoms with Crippen molar-refractivity contribution in [2.75, 3.05) is 0 Å². The van der Waals surface area contributed by atoms with Gasteiger partial charge in [0, 0.05) is 28.8 Å². The number of nitrogens with one attached hydrogen (secondary N) is 2. The third kappa shape index (κ3) is 2.96. The van der Waals surface area contributed by atoms with Crippen LogP contribution < -0.4 is 5.32 Å². The highest BCUT2D eigenvalue weighted by Crippen LogP contribution is 2.53. The standard InChI is InChI=1S/C23H24N2O4S/c1-3-15-17-12-19(26)25-21(15)20-16-6-4-5-7-18(16)24-22(20)23(17)29-30(27,28)14-10-8-13(2)9-11-14/h4-11,15,17,21,23-24H,3,12H2,1-2H3,(H,25,26). The SMILES string of the molecule is CCC1C2NC(=O)CC1C(OS(=O)(=O)c1ccc(C)cc1)c1[nH]c3ccccc3c12. The number of H-pyrrole nitrogens is 1. The fourth-order valence-electron chi connectivity index (χ4n) is 5.08. The highest BCUT2D eigenvalue weighted by atomic mass is 32.2. The van der Waals surface area contributed by atoms with E-state index in [9.17, 15) is 13.2 Å². The van der Waals surface area contributed by atoms with Crippen LogP contribution in [0.5, 0.6) is 0 Å². The average Bonchev–Trinajstić information content (AvgIpc) is 3.10. The number of carbonyl (C=O) groups is 1. The predicted molar refractivity (Wildman–Crippen MR) is 113 cm³/mol. The number of amides is 1. The van der Waals surface area contributed by atoms with Crippen molar-refractivity contribution in [3.63, 3.8) is 0 Å². The molecule has 1 aliphatic carbocycles. The van der Waals surface area contributed by atoms with Crippen molar-refractivity contribution >= 4 is 26.9 Å². The molecule has 0 radical (unpaired) electrons. The van der Waals surface area contributed by atoms with Crippen LogP contribution in [-0.4, -0.2) is 19.3 Å². The van der Waals surface area contributed by atoms with Gasteiger partial charge in [0.25, 0.3) is 10.1 Å². The zero-order valence-electron chi connectivity index (χ0n) is 16.9. The number of carbonyl (C=O) groups excluding carboxylic acids is 1. The fraction of sp³-hybridized carbons (Fsp3) is 0.348. The van der Waals surface area contributed by atoms with Gasteiger partial charge in [0.1, 0.15) is 6.10 Å². The maximum atomic E-state index is 13.1. The zero-order valence-corrected chi connectivity index (χ0v) is 17.7. The number of benzene rings is 2. The smallest absolute Gasteiger partial charge is 0.297 e. The molecule has 4 unspecified atom stereocenters. The van der Waals surface area contributed by atoms with E-state index in [0.29, 0.717) is 0 Å². The van der Waals surface area contributed by atoms with Crippen LogP contribution in [0.2, 0.25) is 0 Å². The van der Waals surface area contributed by atoms with Gasteiger partial charge in [0.15, 0.2) is 0 Å². The number of hydrogen-bond acceptors (Lipinski definition) is 4. The summed E-state index contributed by atoms with van der Waals surface area (Å²) in [5.74, 6) is -0.172. The van der Waals surface area contributed by atoms with Gasteiger partial charge in [-0.25, -0.2) is 0 Å². The van der Waals surface area contributed by atoms with E-state index >= 15 is 0 Å². The lowest BCUT2D eigenvalue weighted by molar-refractivity contribution is -0.129. The first-order chi connectivity index (χ1) is 14.4. The molecule has 1 aromatic heterocycles. The van der Waals surface area contributed by atoms with Crippen molar-refractivity contribution in [1.29, 1.82) is 0 Å². The average molecular weight is 425 g/mol. The Hall–Kier alpha value is -2.64. The van der Waals surface area contributed by atoms with E-state index in [4.69, 9.17) is 4.18 Å². The quantitative estimate of drug-likeness (QED) is 0.616. The summed E-state index contributed by atoms with van der Waals surface area (Å²) >= 11 is 0. The number of fused-ring (bicyclic) bond motifs is 6. The molecule has 30 heavy (non-hydrogen) atoms. The number of aromatic nitrogens is 1. The molecule has 2 aromatic carbocycles. The van der Waals surface area contributed by atoms with Gasteiger partial charge in [-0.3, -0.25) is 8.98 Å². The molecule has 6 nitrogen and oxygen atoms in total. The Morgan fingerprint density at radius 1 is 1.10 bits per heavy atom. The van der Waals surface area contributed by atoms with Gasteiger partial charge in [0.2, 0.25) is 5.91 Å². The predicted octanol–water partition coefficient (Wildman–Crippen LogP) is 4.14. The van der Waals surface area contributed by atoms with Crippen LogP contribution in [0.15, 0.2) is 53.4 Å². The Morgan fingerprint density at radius 3 is 2.57 bits per heavy atom. The lowest BCUT2D eigenvalue weighted by atomic mass is 9.68. The lowest BCUT2D eigenvalue weighted by Gasteiger charge is -2.45. The Labute approximate surface area is 175 Å². The van der Waals surface area contributed by atoms with Crippen molar-refractivity contribution in [2.24, 2.45) is 11.8 Å². The van der Waals surface area contributed by atoms with Gasteiger partial charge in [0.05, 0.1) is 16.6 Å². The van der Waals surface area contributed by atoms with Crippen LogP contribution in [0, 0.1) is 18.8 Å². The normalized spacial score (nSPS) is 25.7. The molecule has 2 aliphatic rings. The lowest BCUT2D eigenvalue weighted by Crippen LogP contribution is -2.49. The maximum Gasteiger partial charge on any atom is 0.297 e. The van der Waals surface area contributed by atoms with E-state index in [0.717, 1.165) is 34.1 Å². The molecular weight excluding hydrogens is 400 g/mol. The minimum absolute atomic E-state index is 0.0630. The van der Waals surface area contributed by atoms with Crippen LogP contribution in [-0.2, 0) is 19.1 Å². The Morgan fingerprint density at radius 2 is 1.83 bits per heavy atom. The fourth-order valence-corrected chi connectivity index (χ4v) is 6.18. The molecule has 2 bridgehead atoms. The van der Waals surface area contributed by atoms with Gasteiger partial charge in [-0.15, -0.1) is 0 Å². The molecule has 2 N–H and O–H groups in total. The second kappa shape index (κ2) is 6.96. The van der Waals surface area contributed by atoms with Gasteiger partial charge >= 0.3 is 0 Å². The monoisotopic (exact) mass is 424 g/mol. The van der Waals surface area contributed by atoms with Crippen LogP contribution in [0.3, 0.4) is 0 Å². The number of hydrogen-bond donors (Lipinski definition) is 2. The minimum Gasteiger partial charge on any atom is -0.356 e. The van der Waals surface area contributed by atoms with Crippen LogP contribution >= 0.6 is 0 Å². The summed E-state index contributed by atoms with van der Waals surface area (Å²) in [6, 6.07) is 14.3. The van der Waals surface area contributed by atoms with Gasteiger partial charge in [-0.1, -0.05) is 49.2 Å². The zero-order chi connectivity index (χ0) is 21.0. The third-order valence-corrected chi connectivity index (χ3v) is 7.80. The highest BCUT2D eigenvalue weighted by molar-refractivity contribution is 7.86. The summed E-state index contributed by atoms with van der Waals surface area (Å²) in [5.41, 5.74) is 3.60. The van der Waals surface area contributed by atoms with Crippen molar-refractivity contribution in [3.8, 4) is 0 Å². The number of piperidine rings is 1. The molecule has 7 heteroatoms. The molecule has 3 aromatic rings. The molecule has 1 saturated heterocycles. The molecule has 5 rings (SSSR count). The van der Waals surface area contributed by atoms with E-state index in [-0.39, 0.29) is 35.1 Å². The highest BCUT2D eigenvalue weighted by Gasteiger charge is 2.50. The summed E-state index contributed by atoms with van der Waals surface area (Å²) in [6.07, 6.45) is 0.336. The maximum absolute atomic E-state index is 13.1. The van der Waals surface area contributed by atoms with Crippen molar-refractivity contribution in [1.82, 2.24) is 10.3 Å². The van der Waals surface area contributed by atoms with E-state index in [1.54, 1.807) is 24.3 Å². The van der Waals surface area contributed by atoms with Crippen LogP contribution in [0.4, 0.5) is 0 Å². The van der Waals surface area contributed by atoms with Crippen LogP contribution in [0.25, 0.3) is 10.9 Å². The second-order valence-electron chi connectivity index (χ2n) is 8.27. The van der Waals surface area contributed by atoms with Crippen LogP contribution in [0.1, 0.15) is 48.7 Å². The Bertz CT molecular complexity index is 1230. The van der Waals surface area contributed by atoms with E-state index < -0.39 is 16.2 Å². The summed E-state index contributed by atoms with van der Waals surface area (Å²) in [5, 5.41) is 4.14. The molecular formula is C23H24N2O4S. The number of aromatic amines is 1. The summed E-state index contributed by atoms with van der Waals surface area (Å²) in [6.45, 7) is 3.98. The summed E-state index contributed by atoms with van der Waals surface area (Å²) in [4.78, 5) is 16.0. The van der Waals surface area contributed by atoms with Crippen molar-refractivity contribution in [2.45, 2.75) is 43.7 Å². The molecule has 1 fully saturated rings. The molecule has 2 heterocycles. The molecule has 4 atom stereocenters. The number of para-hydroxylation sites is 1. The topological polar surface area (TPSA) is 88.3 Å². The first kappa shape index (κ1) is 19.3. The number of aryl methyl sites for hydroxylation is 1. The molecule has 0 spiro atoms. The Kier molecular flexibility index (Phi) is 4.48. The van der Waals surface area contributed by atoms with Gasteiger partial charge < -0.3 is 10.3 Å². The summed E-state index contributed by atoms with van der Waals surface area (Å²) in [7, 11) is -3.99. The summed E-state index contributed by atoms with van der Waals surface area (Å²) < 4.78 is 32.2. The van der Waals surface area contributed by atoms with Gasteiger partial charge in [-0.05, 0) is 31.0 Å². The van der Waals surface area contributed by atoms with Crippen molar-refractivity contribution in [3.05, 3.63) is 65.4 Å². The second-order valence-corrected chi connectivity index (χ2v) is 9.84. The minimum atomic E-state index is -3.99. The third-order valence-electron chi connectivity index (χ3n) is 6.49.